The van der Waals surface area contributed by atoms with E-state index in [1.54, 1.807) is 14.0 Å². The molecule has 1 aliphatic heterocycles. The lowest BCUT2D eigenvalue weighted by molar-refractivity contribution is -0.134. The van der Waals surface area contributed by atoms with Gasteiger partial charge in [-0.2, -0.15) is 0 Å². The van der Waals surface area contributed by atoms with Crippen LogP contribution in [0.5, 0.6) is 11.5 Å². The van der Waals surface area contributed by atoms with Gasteiger partial charge in [-0.25, -0.2) is 0 Å². The van der Waals surface area contributed by atoms with Crippen molar-refractivity contribution in [3.63, 3.8) is 0 Å². The van der Waals surface area contributed by atoms with Gasteiger partial charge in [-0.3, -0.25) is 4.79 Å². The van der Waals surface area contributed by atoms with Crippen LogP contribution in [0.4, 0.5) is 0 Å². The Bertz CT molecular complexity index is 769. The molecule has 1 saturated heterocycles. The van der Waals surface area contributed by atoms with E-state index in [1.807, 2.05) is 50.8 Å². The number of hydrogen-bond acceptors (Lipinski definition) is 5. The maximum Gasteiger partial charge on any atom is 0.240 e. The largest absolute Gasteiger partial charge is 0.493 e. The smallest absolute Gasteiger partial charge is 0.240 e. The van der Waals surface area contributed by atoms with Gasteiger partial charge in [-0.1, -0.05) is 33.8 Å². The number of aliphatic hydroxyl groups excluding tert-OH is 1. The second-order valence-electron chi connectivity index (χ2n) is 10.5. The number of nitrogens with two attached hydrogens (primary N) is 1. The van der Waals surface area contributed by atoms with Crippen molar-refractivity contribution in [2.24, 2.45) is 22.5 Å². The Morgan fingerprint density at radius 1 is 1.33 bits per heavy atom. The summed E-state index contributed by atoms with van der Waals surface area (Å²) in [5.74, 6) is 1.99. The normalized spacial score (nSPS) is 26.4. The molecule has 30 heavy (non-hydrogen) atoms. The fourth-order valence-corrected chi connectivity index (χ4v) is 4.17. The van der Waals surface area contributed by atoms with Crippen LogP contribution in [0.3, 0.4) is 0 Å². The molecule has 0 aromatic heterocycles. The molecule has 0 spiro atoms. The van der Waals surface area contributed by atoms with Gasteiger partial charge in [0.15, 0.2) is 11.5 Å². The number of methoxy groups -OCH3 is 1. The summed E-state index contributed by atoms with van der Waals surface area (Å²) in [5.41, 5.74) is 6.52. The number of nitrogens with zero attached hydrogens (tertiary/aromatic N) is 1. The summed E-state index contributed by atoms with van der Waals surface area (Å²) < 4.78 is 11.5. The molecule has 6 heteroatoms. The molecule has 1 aromatic carbocycles. The summed E-state index contributed by atoms with van der Waals surface area (Å²) in [7, 11) is 1.64. The Morgan fingerprint density at radius 2 is 2.00 bits per heavy atom. The highest BCUT2D eigenvalue weighted by molar-refractivity contribution is 5.83. The van der Waals surface area contributed by atoms with Gasteiger partial charge in [0.05, 0.1) is 25.9 Å². The third-order valence-corrected chi connectivity index (χ3v) is 6.96. The number of amides is 1. The molecule has 3 rings (SSSR count). The van der Waals surface area contributed by atoms with Crippen LogP contribution in [0.15, 0.2) is 18.2 Å². The summed E-state index contributed by atoms with van der Waals surface area (Å²) >= 11 is 0. The van der Waals surface area contributed by atoms with Crippen molar-refractivity contribution in [2.45, 2.75) is 65.5 Å². The van der Waals surface area contributed by atoms with Gasteiger partial charge < -0.3 is 25.2 Å². The molecule has 1 aromatic rings. The van der Waals surface area contributed by atoms with Crippen LogP contribution in [-0.2, 0) is 4.79 Å². The lowest BCUT2D eigenvalue weighted by atomic mass is 9.72. The van der Waals surface area contributed by atoms with Gasteiger partial charge in [0.25, 0.3) is 0 Å². The highest BCUT2D eigenvalue weighted by Crippen LogP contribution is 2.47. The van der Waals surface area contributed by atoms with Gasteiger partial charge in [0, 0.05) is 24.4 Å². The van der Waals surface area contributed by atoms with Crippen molar-refractivity contribution in [2.75, 3.05) is 26.8 Å². The molecule has 0 radical (unpaired) electrons. The minimum Gasteiger partial charge on any atom is -0.493 e. The van der Waals surface area contributed by atoms with E-state index in [4.69, 9.17) is 15.2 Å². The average molecular weight is 419 g/mol. The quantitative estimate of drug-likeness (QED) is 0.710. The topological polar surface area (TPSA) is 85.0 Å². The molecule has 1 amide bonds. The summed E-state index contributed by atoms with van der Waals surface area (Å²) in [6, 6.07) is 5.38. The Balaban J connectivity index is 1.88. The predicted molar refractivity (Wildman–Crippen MR) is 118 cm³/mol. The van der Waals surface area contributed by atoms with Crippen molar-refractivity contribution in [3.05, 3.63) is 23.8 Å². The van der Waals surface area contributed by atoms with Crippen LogP contribution in [-0.4, -0.2) is 54.9 Å². The minimum atomic E-state index is -0.581. The zero-order valence-corrected chi connectivity index (χ0v) is 19.3. The molecular formula is C24H38N2O4. The summed E-state index contributed by atoms with van der Waals surface area (Å²) in [6.45, 7) is 11.5. The number of ether oxygens (including phenoxy) is 2. The highest BCUT2D eigenvalue weighted by Gasteiger charge is 2.49. The number of rotatable bonds is 7. The highest BCUT2D eigenvalue weighted by atomic mass is 16.5. The molecule has 1 aliphatic carbocycles. The molecule has 0 bridgehead atoms. The monoisotopic (exact) mass is 418 g/mol. The number of benzene rings is 1. The molecule has 1 heterocycles. The number of carbonyl (C=O) groups is 1. The molecule has 0 unspecified atom stereocenters. The van der Waals surface area contributed by atoms with Gasteiger partial charge in [0.2, 0.25) is 5.91 Å². The van der Waals surface area contributed by atoms with Gasteiger partial charge in [0.1, 0.15) is 0 Å². The Hall–Kier alpha value is -1.79. The van der Waals surface area contributed by atoms with Crippen molar-refractivity contribution < 1.29 is 19.4 Å². The molecule has 2 fully saturated rings. The Labute approximate surface area is 180 Å². The molecule has 1 saturated carbocycles. The number of likely N-dealkylation sites (tertiary alicyclic amines) is 1. The number of hydrogen-bond donors (Lipinski definition) is 2. The van der Waals surface area contributed by atoms with Crippen LogP contribution in [0, 0.1) is 16.7 Å². The molecule has 2 aliphatic rings. The summed E-state index contributed by atoms with van der Waals surface area (Å²) in [4.78, 5) is 14.9. The first-order valence-corrected chi connectivity index (χ1v) is 11.0. The van der Waals surface area contributed by atoms with E-state index in [0.29, 0.717) is 31.4 Å². The van der Waals surface area contributed by atoms with Crippen LogP contribution in [0.1, 0.15) is 58.9 Å². The van der Waals surface area contributed by atoms with E-state index in [-0.39, 0.29) is 17.2 Å². The minimum absolute atomic E-state index is 0.0252. The van der Waals surface area contributed by atoms with E-state index in [1.165, 1.54) is 12.8 Å². The third-order valence-electron chi connectivity index (χ3n) is 6.96. The van der Waals surface area contributed by atoms with Crippen LogP contribution >= 0.6 is 0 Å². The SMILES string of the molecule is COc1ccc([C@@H]2CN(C(=O)[C@H](N)C(C)(C)C)C[C@]2(C)[C@@H](C)O)cc1OCC1CC1. The van der Waals surface area contributed by atoms with Crippen LogP contribution < -0.4 is 15.2 Å². The lowest BCUT2D eigenvalue weighted by Gasteiger charge is -2.34. The van der Waals surface area contributed by atoms with Crippen molar-refractivity contribution in [1.29, 1.82) is 0 Å². The van der Waals surface area contributed by atoms with E-state index < -0.39 is 17.6 Å². The van der Waals surface area contributed by atoms with Crippen molar-refractivity contribution >= 4 is 5.91 Å². The van der Waals surface area contributed by atoms with E-state index >= 15 is 0 Å². The maximum atomic E-state index is 13.1. The first-order chi connectivity index (χ1) is 14.0. The van der Waals surface area contributed by atoms with Crippen molar-refractivity contribution in [3.8, 4) is 11.5 Å². The van der Waals surface area contributed by atoms with Crippen LogP contribution in [0.2, 0.25) is 0 Å². The summed E-state index contributed by atoms with van der Waals surface area (Å²) in [6.07, 6.45) is 1.86. The zero-order valence-electron chi connectivity index (χ0n) is 19.3. The molecule has 168 valence electrons. The summed E-state index contributed by atoms with van der Waals surface area (Å²) in [5, 5.41) is 10.7. The standard InChI is InChI=1S/C24H38N2O4/c1-15(27)24(5)14-26(22(28)21(25)23(2,3)4)12-18(24)17-9-10-19(29-6)20(11-17)30-13-16-7-8-16/h9-11,15-16,18,21,27H,7-8,12-14,25H2,1-6H3/t15-,18+,21+,24-/m1/s1. The van der Waals surface area contributed by atoms with E-state index in [0.717, 1.165) is 11.3 Å². The second-order valence-corrected chi connectivity index (χ2v) is 10.5. The first kappa shape index (κ1) is 22.9. The van der Waals surface area contributed by atoms with E-state index in [9.17, 15) is 9.90 Å². The zero-order chi connectivity index (χ0) is 22.3. The fraction of sp³-hybridized carbons (Fsp3) is 0.708. The third kappa shape index (κ3) is 4.59. The maximum absolute atomic E-state index is 13.1. The first-order valence-electron chi connectivity index (χ1n) is 11.0. The van der Waals surface area contributed by atoms with Gasteiger partial charge in [-0.05, 0) is 48.8 Å². The molecular weight excluding hydrogens is 380 g/mol. The number of carbonyl (C=O) groups excluding carboxylic acids is 1. The van der Waals surface area contributed by atoms with Crippen molar-refractivity contribution in [1.82, 2.24) is 4.90 Å². The molecule has 6 nitrogen and oxygen atoms in total. The average Bonchev–Trinajstić information content (AvgIpc) is 3.45. The van der Waals surface area contributed by atoms with Crippen LogP contribution in [0.25, 0.3) is 0 Å². The van der Waals surface area contributed by atoms with Gasteiger partial charge >= 0.3 is 0 Å². The lowest BCUT2D eigenvalue weighted by Crippen LogP contribution is -2.50. The molecule has 4 atom stereocenters. The van der Waals surface area contributed by atoms with E-state index in [2.05, 4.69) is 0 Å². The fourth-order valence-electron chi connectivity index (χ4n) is 4.17. The Kier molecular flexibility index (Phi) is 6.40. The second kappa shape index (κ2) is 8.39. The number of aliphatic hydroxyl groups is 1. The Morgan fingerprint density at radius 3 is 2.53 bits per heavy atom. The molecule has 3 N–H and O–H groups in total. The van der Waals surface area contributed by atoms with Gasteiger partial charge in [-0.15, -0.1) is 0 Å². The predicted octanol–water partition coefficient (Wildman–Crippen LogP) is 3.17.